The van der Waals surface area contributed by atoms with Crippen LogP contribution in [0.2, 0.25) is 0 Å². The van der Waals surface area contributed by atoms with Gasteiger partial charge in [0.25, 0.3) is 0 Å². The van der Waals surface area contributed by atoms with Gasteiger partial charge in [-0.05, 0) is 32.0 Å². The molecule has 0 aromatic carbocycles. The highest BCUT2D eigenvalue weighted by molar-refractivity contribution is 5.60. The van der Waals surface area contributed by atoms with Crippen molar-refractivity contribution in [1.29, 1.82) is 0 Å². The average Bonchev–Trinajstić information content (AvgIpc) is 2.73. The Morgan fingerprint density at radius 1 is 1.12 bits per heavy atom. The molecule has 0 atom stereocenters. The van der Waals surface area contributed by atoms with E-state index in [1.165, 1.54) is 0 Å². The topological polar surface area (TPSA) is 43.1 Å². The van der Waals surface area contributed by atoms with E-state index in [0.717, 1.165) is 28.3 Å². The molecule has 0 saturated carbocycles. The Morgan fingerprint density at radius 3 is 2.76 bits per heavy atom. The third-order valence-corrected chi connectivity index (χ3v) is 2.75. The predicted molar refractivity (Wildman–Crippen MR) is 65.7 cm³/mol. The molecule has 0 aliphatic heterocycles. The molecule has 0 N–H and O–H groups in total. The fourth-order valence-electron chi connectivity index (χ4n) is 1.87. The van der Waals surface area contributed by atoms with Crippen LogP contribution in [-0.4, -0.2) is 19.6 Å². The van der Waals surface area contributed by atoms with Crippen molar-refractivity contribution < 1.29 is 0 Å². The maximum Gasteiger partial charge on any atom is 0.158 e. The number of hydrogen-bond acceptors (Lipinski definition) is 3. The van der Waals surface area contributed by atoms with Gasteiger partial charge in [-0.15, -0.1) is 0 Å². The van der Waals surface area contributed by atoms with E-state index < -0.39 is 0 Å². The van der Waals surface area contributed by atoms with Gasteiger partial charge in [-0.2, -0.15) is 5.10 Å². The van der Waals surface area contributed by atoms with Crippen LogP contribution in [0.5, 0.6) is 0 Å². The zero-order valence-electron chi connectivity index (χ0n) is 9.75. The molecule has 0 saturated heterocycles. The molecule has 0 unspecified atom stereocenters. The molecule has 0 spiro atoms. The molecule has 0 aliphatic rings. The summed E-state index contributed by atoms with van der Waals surface area (Å²) in [7, 11) is 0. The monoisotopic (exact) mass is 224 g/mol. The molecule has 17 heavy (non-hydrogen) atoms. The minimum absolute atomic E-state index is 0.888. The van der Waals surface area contributed by atoms with Gasteiger partial charge in [-0.1, -0.05) is 6.07 Å². The molecule has 4 heteroatoms. The lowest BCUT2D eigenvalue weighted by Crippen LogP contribution is -1.98. The van der Waals surface area contributed by atoms with Gasteiger partial charge >= 0.3 is 0 Å². The molecule has 4 nitrogen and oxygen atoms in total. The van der Waals surface area contributed by atoms with Crippen molar-refractivity contribution in [3.8, 4) is 11.4 Å². The first-order valence-corrected chi connectivity index (χ1v) is 5.49. The highest BCUT2D eigenvalue weighted by Crippen LogP contribution is 2.18. The average molecular weight is 224 g/mol. The van der Waals surface area contributed by atoms with Crippen LogP contribution < -0.4 is 0 Å². The number of hydrogen-bond donors (Lipinski definition) is 0. The molecule has 3 aromatic heterocycles. The summed E-state index contributed by atoms with van der Waals surface area (Å²) >= 11 is 0. The lowest BCUT2D eigenvalue weighted by atomic mass is 10.2. The van der Waals surface area contributed by atoms with Crippen LogP contribution in [0.1, 0.15) is 11.3 Å². The van der Waals surface area contributed by atoms with E-state index in [4.69, 9.17) is 0 Å². The Morgan fingerprint density at radius 2 is 2.00 bits per heavy atom. The highest BCUT2D eigenvalue weighted by Gasteiger charge is 2.08. The Hall–Kier alpha value is -2.23. The van der Waals surface area contributed by atoms with Crippen molar-refractivity contribution in [3.05, 3.63) is 47.9 Å². The number of aryl methyl sites for hydroxylation is 2. The number of pyridine rings is 1. The van der Waals surface area contributed by atoms with Crippen LogP contribution in [0.15, 0.2) is 36.7 Å². The van der Waals surface area contributed by atoms with Crippen LogP contribution in [-0.2, 0) is 0 Å². The van der Waals surface area contributed by atoms with Crippen molar-refractivity contribution in [3.63, 3.8) is 0 Å². The molecule has 84 valence electrons. The first-order chi connectivity index (χ1) is 8.25. The van der Waals surface area contributed by atoms with E-state index in [-0.39, 0.29) is 0 Å². The van der Waals surface area contributed by atoms with E-state index in [9.17, 15) is 0 Å². The minimum Gasteiger partial charge on any atom is -0.255 e. The second-order valence-corrected chi connectivity index (χ2v) is 4.06. The third-order valence-electron chi connectivity index (χ3n) is 2.75. The number of nitrogens with zero attached hydrogens (tertiary/aromatic N) is 4. The summed E-state index contributed by atoms with van der Waals surface area (Å²) in [5.41, 5.74) is 4.80. The minimum atomic E-state index is 0.888. The van der Waals surface area contributed by atoms with E-state index in [0.29, 0.717) is 0 Å². The summed E-state index contributed by atoms with van der Waals surface area (Å²) in [5, 5.41) is 4.29. The summed E-state index contributed by atoms with van der Waals surface area (Å²) in [5.74, 6) is 0. The second-order valence-electron chi connectivity index (χ2n) is 4.06. The van der Waals surface area contributed by atoms with Crippen LogP contribution in [0.3, 0.4) is 0 Å². The van der Waals surface area contributed by atoms with Gasteiger partial charge in [0, 0.05) is 17.5 Å². The number of fused-ring (bicyclic) bond motifs is 1. The number of aromatic nitrogens is 4. The van der Waals surface area contributed by atoms with Gasteiger partial charge < -0.3 is 0 Å². The molecular weight excluding hydrogens is 212 g/mol. The van der Waals surface area contributed by atoms with Gasteiger partial charge in [0.05, 0.1) is 17.6 Å². The normalized spacial score (nSPS) is 10.9. The van der Waals surface area contributed by atoms with Crippen molar-refractivity contribution in [2.24, 2.45) is 0 Å². The molecule has 3 aromatic rings. The third kappa shape index (κ3) is 1.58. The quantitative estimate of drug-likeness (QED) is 0.637. The number of rotatable bonds is 1. The van der Waals surface area contributed by atoms with Gasteiger partial charge in [0.1, 0.15) is 0 Å². The summed E-state index contributed by atoms with van der Waals surface area (Å²) < 4.78 is 1.85. The van der Waals surface area contributed by atoms with Gasteiger partial charge in [-0.3, -0.25) is 4.98 Å². The van der Waals surface area contributed by atoms with E-state index in [1.807, 2.05) is 48.8 Å². The van der Waals surface area contributed by atoms with Crippen molar-refractivity contribution >= 4 is 5.65 Å². The molecule has 0 amide bonds. The lowest BCUT2D eigenvalue weighted by Gasteiger charge is -2.04. The molecule has 0 aliphatic carbocycles. The van der Waals surface area contributed by atoms with Crippen molar-refractivity contribution in [2.75, 3.05) is 0 Å². The summed E-state index contributed by atoms with van der Waals surface area (Å²) in [6, 6.07) is 7.83. The predicted octanol–water partition coefficient (Wildman–Crippen LogP) is 2.41. The maximum atomic E-state index is 4.60. The maximum absolute atomic E-state index is 4.60. The summed E-state index contributed by atoms with van der Waals surface area (Å²) in [6.45, 7) is 4.03. The first kappa shape index (κ1) is 9.96. The van der Waals surface area contributed by atoms with Gasteiger partial charge in [-0.25, -0.2) is 9.50 Å². The molecule has 0 fully saturated rings. The Labute approximate surface area is 99.0 Å². The molecular formula is C13H12N4. The fourth-order valence-corrected chi connectivity index (χ4v) is 1.87. The highest BCUT2D eigenvalue weighted by atomic mass is 15.3. The standard InChI is InChI=1S/C13H12N4/c1-9-8-15-17-10(2)7-12(16-13(9)17)11-5-3-4-6-14-11/h3-8H,1-2H3. The Kier molecular flexibility index (Phi) is 2.14. The van der Waals surface area contributed by atoms with Crippen LogP contribution in [0.4, 0.5) is 0 Å². The van der Waals surface area contributed by atoms with Crippen molar-refractivity contribution in [1.82, 2.24) is 19.6 Å². The molecule has 3 heterocycles. The Bertz CT molecular complexity index is 670. The fraction of sp³-hybridized carbons (Fsp3) is 0.154. The van der Waals surface area contributed by atoms with Gasteiger partial charge in [0.2, 0.25) is 0 Å². The second kappa shape index (κ2) is 3.66. The SMILES string of the molecule is Cc1cnn2c(C)cc(-c3ccccn3)nc12. The molecule has 0 bridgehead atoms. The molecule has 0 radical (unpaired) electrons. The van der Waals surface area contributed by atoms with Crippen molar-refractivity contribution in [2.45, 2.75) is 13.8 Å². The largest absolute Gasteiger partial charge is 0.255 e. The smallest absolute Gasteiger partial charge is 0.158 e. The van der Waals surface area contributed by atoms with Gasteiger partial charge in [0.15, 0.2) is 5.65 Å². The summed E-state index contributed by atoms with van der Waals surface area (Å²) in [4.78, 5) is 8.92. The van der Waals surface area contributed by atoms with Crippen LogP contribution in [0.25, 0.3) is 17.0 Å². The van der Waals surface area contributed by atoms with E-state index in [1.54, 1.807) is 6.20 Å². The Balaban J connectivity index is 2.28. The molecule has 3 rings (SSSR count). The first-order valence-electron chi connectivity index (χ1n) is 5.49. The zero-order chi connectivity index (χ0) is 11.8. The van der Waals surface area contributed by atoms with Crippen LogP contribution in [0, 0.1) is 13.8 Å². The zero-order valence-corrected chi connectivity index (χ0v) is 9.75. The lowest BCUT2D eigenvalue weighted by molar-refractivity contribution is 0.895. The van der Waals surface area contributed by atoms with Crippen LogP contribution >= 0.6 is 0 Å². The van der Waals surface area contributed by atoms with E-state index in [2.05, 4.69) is 15.1 Å². The van der Waals surface area contributed by atoms with E-state index >= 15 is 0 Å². The summed E-state index contributed by atoms with van der Waals surface area (Å²) in [6.07, 6.45) is 3.61.